The standard InChI is InChI=1S/C13H16/c1-3-8-12(4-2)11-13-9-6-5-7-10-13/h3,5-7,9-11H,1,4,8H2,2H3. The Morgan fingerprint density at radius 1 is 1.31 bits per heavy atom. The minimum atomic E-state index is 0.991. The number of rotatable bonds is 4. The zero-order chi connectivity index (χ0) is 9.52. The van der Waals surface area contributed by atoms with Crippen LogP contribution in [0.5, 0.6) is 0 Å². The summed E-state index contributed by atoms with van der Waals surface area (Å²) in [6, 6.07) is 10.4. The highest BCUT2D eigenvalue weighted by Crippen LogP contribution is 2.12. The van der Waals surface area contributed by atoms with Crippen LogP contribution in [-0.4, -0.2) is 0 Å². The number of benzene rings is 1. The van der Waals surface area contributed by atoms with Gasteiger partial charge in [0.2, 0.25) is 0 Å². The summed E-state index contributed by atoms with van der Waals surface area (Å²) in [5.74, 6) is 0. The number of hydrogen-bond acceptors (Lipinski definition) is 0. The van der Waals surface area contributed by atoms with Gasteiger partial charge in [-0.15, -0.1) is 6.58 Å². The lowest BCUT2D eigenvalue weighted by Crippen LogP contribution is -1.79. The molecule has 0 amide bonds. The van der Waals surface area contributed by atoms with Crippen molar-refractivity contribution in [3.8, 4) is 0 Å². The van der Waals surface area contributed by atoms with Crippen molar-refractivity contribution in [2.75, 3.05) is 0 Å². The Kier molecular flexibility index (Phi) is 4.04. The maximum atomic E-state index is 3.75. The third-order valence-electron chi connectivity index (χ3n) is 2.03. The predicted molar refractivity (Wildman–Crippen MR) is 59.5 cm³/mol. The molecule has 0 aliphatic heterocycles. The maximum absolute atomic E-state index is 3.75. The Morgan fingerprint density at radius 2 is 2.00 bits per heavy atom. The van der Waals surface area contributed by atoms with Gasteiger partial charge in [-0.1, -0.05) is 55.0 Å². The fraction of sp³-hybridized carbons (Fsp3) is 0.231. The summed E-state index contributed by atoms with van der Waals surface area (Å²) < 4.78 is 0. The first-order valence-electron chi connectivity index (χ1n) is 4.72. The van der Waals surface area contributed by atoms with Gasteiger partial charge in [-0.25, -0.2) is 0 Å². The van der Waals surface area contributed by atoms with E-state index in [1.165, 1.54) is 11.1 Å². The van der Waals surface area contributed by atoms with E-state index in [0.29, 0.717) is 0 Å². The van der Waals surface area contributed by atoms with Crippen molar-refractivity contribution in [1.82, 2.24) is 0 Å². The molecule has 0 unspecified atom stereocenters. The van der Waals surface area contributed by atoms with Crippen LogP contribution in [0.4, 0.5) is 0 Å². The molecule has 1 aromatic rings. The second-order valence-corrected chi connectivity index (χ2v) is 3.06. The Labute approximate surface area is 80.6 Å². The first-order chi connectivity index (χ1) is 6.36. The molecule has 0 radical (unpaired) electrons. The van der Waals surface area contributed by atoms with Gasteiger partial charge < -0.3 is 0 Å². The molecule has 0 atom stereocenters. The molecule has 0 saturated heterocycles. The van der Waals surface area contributed by atoms with Crippen molar-refractivity contribution in [1.29, 1.82) is 0 Å². The van der Waals surface area contributed by atoms with Crippen molar-refractivity contribution in [2.45, 2.75) is 19.8 Å². The maximum Gasteiger partial charge on any atom is -0.0138 e. The molecule has 0 heteroatoms. The fourth-order valence-electron chi connectivity index (χ4n) is 1.28. The van der Waals surface area contributed by atoms with Crippen LogP contribution in [0.3, 0.4) is 0 Å². The van der Waals surface area contributed by atoms with E-state index >= 15 is 0 Å². The molecule has 0 heterocycles. The van der Waals surface area contributed by atoms with Crippen LogP contribution in [0, 0.1) is 0 Å². The summed E-state index contributed by atoms with van der Waals surface area (Å²) in [5.41, 5.74) is 2.71. The first kappa shape index (κ1) is 9.79. The molecule has 0 N–H and O–H groups in total. The molecule has 68 valence electrons. The molecule has 0 aliphatic rings. The first-order valence-corrected chi connectivity index (χ1v) is 4.72. The molecule has 0 spiro atoms. The molecule has 0 aliphatic carbocycles. The van der Waals surface area contributed by atoms with E-state index in [4.69, 9.17) is 0 Å². The van der Waals surface area contributed by atoms with Gasteiger partial charge in [-0.05, 0) is 18.4 Å². The van der Waals surface area contributed by atoms with Crippen molar-refractivity contribution in [2.24, 2.45) is 0 Å². The second-order valence-electron chi connectivity index (χ2n) is 3.06. The third kappa shape index (κ3) is 3.29. The van der Waals surface area contributed by atoms with Gasteiger partial charge in [0.15, 0.2) is 0 Å². The number of allylic oxidation sites excluding steroid dienone is 2. The zero-order valence-electron chi connectivity index (χ0n) is 8.16. The van der Waals surface area contributed by atoms with Gasteiger partial charge in [0.1, 0.15) is 0 Å². The molecule has 13 heavy (non-hydrogen) atoms. The van der Waals surface area contributed by atoms with Crippen LogP contribution >= 0.6 is 0 Å². The Hall–Kier alpha value is -1.30. The molecule has 0 aromatic heterocycles. The highest BCUT2D eigenvalue weighted by atomic mass is 14.0. The van der Waals surface area contributed by atoms with Crippen LogP contribution in [0.25, 0.3) is 6.08 Å². The van der Waals surface area contributed by atoms with Crippen molar-refractivity contribution >= 4 is 6.08 Å². The molecule has 0 nitrogen and oxygen atoms in total. The minimum absolute atomic E-state index is 0.991. The summed E-state index contributed by atoms with van der Waals surface area (Å²) in [6.07, 6.45) is 6.28. The van der Waals surface area contributed by atoms with E-state index < -0.39 is 0 Å². The monoisotopic (exact) mass is 172 g/mol. The smallest absolute Gasteiger partial charge is 0.0138 e. The molecule has 0 saturated carbocycles. The van der Waals surface area contributed by atoms with Gasteiger partial charge in [-0.3, -0.25) is 0 Å². The third-order valence-corrected chi connectivity index (χ3v) is 2.03. The Morgan fingerprint density at radius 3 is 2.54 bits per heavy atom. The quantitative estimate of drug-likeness (QED) is 0.601. The van der Waals surface area contributed by atoms with E-state index in [1.54, 1.807) is 0 Å². The molecule has 1 aromatic carbocycles. The van der Waals surface area contributed by atoms with Crippen LogP contribution in [0.2, 0.25) is 0 Å². The van der Waals surface area contributed by atoms with Gasteiger partial charge in [-0.2, -0.15) is 0 Å². The van der Waals surface area contributed by atoms with Crippen molar-refractivity contribution in [3.05, 3.63) is 54.1 Å². The normalized spacial score (nSPS) is 11.3. The second kappa shape index (κ2) is 5.36. The SMILES string of the molecule is C=CCC(=Cc1ccccc1)CC. The average molecular weight is 172 g/mol. The lowest BCUT2D eigenvalue weighted by Gasteiger charge is -2.00. The molecule has 0 fully saturated rings. The summed E-state index contributed by atoms with van der Waals surface area (Å²) in [5, 5.41) is 0. The molecule has 0 bridgehead atoms. The van der Waals surface area contributed by atoms with Crippen LogP contribution in [-0.2, 0) is 0 Å². The summed E-state index contributed by atoms with van der Waals surface area (Å²) in [4.78, 5) is 0. The predicted octanol–water partition coefficient (Wildman–Crippen LogP) is 4.06. The average Bonchev–Trinajstić information content (AvgIpc) is 2.19. The minimum Gasteiger partial charge on any atom is -0.103 e. The van der Waals surface area contributed by atoms with E-state index in [-0.39, 0.29) is 0 Å². The van der Waals surface area contributed by atoms with Gasteiger partial charge in [0.05, 0.1) is 0 Å². The summed E-state index contributed by atoms with van der Waals surface area (Å²) in [7, 11) is 0. The number of hydrogen-bond donors (Lipinski definition) is 0. The Balaban J connectivity index is 2.78. The van der Waals surface area contributed by atoms with Crippen LogP contribution < -0.4 is 0 Å². The van der Waals surface area contributed by atoms with E-state index in [2.05, 4.69) is 43.8 Å². The van der Waals surface area contributed by atoms with Gasteiger partial charge in [0, 0.05) is 0 Å². The molecule has 1 rings (SSSR count). The van der Waals surface area contributed by atoms with Gasteiger partial charge >= 0.3 is 0 Å². The molecular weight excluding hydrogens is 156 g/mol. The van der Waals surface area contributed by atoms with Crippen molar-refractivity contribution < 1.29 is 0 Å². The van der Waals surface area contributed by atoms with E-state index in [0.717, 1.165) is 12.8 Å². The highest BCUT2D eigenvalue weighted by Gasteiger charge is 1.91. The van der Waals surface area contributed by atoms with Crippen LogP contribution in [0.15, 0.2) is 48.6 Å². The fourth-order valence-corrected chi connectivity index (χ4v) is 1.28. The largest absolute Gasteiger partial charge is 0.103 e. The van der Waals surface area contributed by atoms with E-state index in [1.807, 2.05) is 12.1 Å². The zero-order valence-corrected chi connectivity index (χ0v) is 8.16. The highest BCUT2D eigenvalue weighted by molar-refractivity contribution is 5.52. The van der Waals surface area contributed by atoms with Gasteiger partial charge in [0.25, 0.3) is 0 Å². The molecular formula is C13H16. The Bertz CT molecular complexity index is 280. The van der Waals surface area contributed by atoms with Crippen LogP contribution in [0.1, 0.15) is 25.3 Å². The van der Waals surface area contributed by atoms with E-state index in [9.17, 15) is 0 Å². The summed E-state index contributed by atoms with van der Waals surface area (Å²) in [6.45, 7) is 5.93. The topological polar surface area (TPSA) is 0 Å². The summed E-state index contributed by atoms with van der Waals surface area (Å²) >= 11 is 0. The lowest BCUT2D eigenvalue weighted by atomic mass is 10.1. The lowest BCUT2D eigenvalue weighted by molar-refractivity contribution is 1.05. The van der Waals surface area contributed by atoms with Crippen molar-refractivity contribution in [3.63, 3.8) is 0 Å².